The molecule has 0 fully saturated rings. The lowest BCUT2D eigenvalue weighted by atomic mass is 9.77. The lowest BCUT2D eigenvalue weighted by Crippen LogP contribution is -2.42. The van der Waals surface area contributed by atoms with Crippen LogP contribution >= 0.6 is 0 Å². The van der Waals surface area contributed by atoms with Crippen LogP contribution < -0.4 is 14.4 Å². The third-order valence-electron chi connectivity index (χ3n) is 7.80. The van der Waals surface area contributed by atoms with E-state index in [-0.39, 0.29) is 12.5 Å². The minimum Gasteiger partial charge on any atom is -0.491 e. The van der Waals surface area contributed by atoms with E-state index in [1.54, 1.807) is 0 Å². The first-order chi connectivity index (χ1) is 19.2. The van der Waals surface area contributed by atoms with E-state index < -0.39 is 5.41 Å². The number of ether oxygens (including phenoxy) is 2. The van der Waals surface area contributed by atoms with Gasteiger partial charge in [0.05, 0.1) is 6.54 Å². The zero-order chi connectivity index (χ0) is 26.2. The molecule has 1 amide bonds. The summed E-state index contributed by atoms with van der Waals surface area (Å²) < 4.78 is 12.3. The number of nitrogens with zero attached hydrogens (tertiary/aromatic N) is 1. The molecule has 5 aromatic rings. The van der Waals surface area contributed by atoms with Crippen LogP contribution in [-0.4, -0.2) is 12.5 Å². The third kappa shape index (κ3) is 3.88. The van der Waals surface area contributed by atoms with E-state index in [2.05, 4.69) is 30.3 Å². The van der Waals surface area contributed by atoms with Crippen molar-refractivity contribution in [1.82, 2.24) is 0 Å². The molecule has 7 rings (SSSR count). The van der Waals surface area contributed by atoms with Crippen molar-refractivity contribution in [2.75, 3.05) is 11.5 Å². The summed E-state index contributed by atoms with van der Waals surface area (Å²) >= 11 is 0. The molecule has 2 aliphatic heterocycles. The lowest BCUT2D eigenvalue weighted by molar-refractivity contribution is -0.122. The highest BCUT2D eigenvalue weighted by atomic mass is 16.5. The zero-order valence-electron chi connectivity index (χ0n) is 21.4. The molecule has 5 aromatic carbocycles. The van der Waals surface area contributed by atoms with E-state index in [1.807, 2.05) is 102 Å². The summed E-state index contributed by atoms with van der Waals surface area (Å²) in [5, 5.41) is 0. The van der Waals surface area contributed by atoms with Crippen molar-refractivity contribution in [3.8, 4) is 22.6 Å². The van der Waals surface area contributed by atoms with Crippen LogP contribution in [0.1, 0.15) is 22.3 Å². The normalized spacial score (nSPS) is 17.1. The summed E-state index contributed by atoms with van der Waals surface area (Å²) in [6.45, 7) is 1.23. The van der Waals surface area contributed by atoms with Crippen LogP contribution in [0.3, 0.4) is 0 Å². The van der Waals surface area contributed by atoms with E-state index in [9.17, 15) is 4.79 Å². The Labute approximate surface area is 228 Å². The van der Waals surface area contributed by atoms with Gasteiger partial charge in [0.15, 0.2) is 0 Å². The Morgan fingerprint density at radius 1 is 0.744 bits per heavy atom. The first-order valence-electron chi connectivity index (χ1n) is 13.2. The van der Waals surface area contributed by atoms with Crippen molar-refractivity contribution in [2.45, 2.75) is 18.6 Å². The van der Waals surface area contributed by atoms with Gasteiger partial charge < -0.3 is 14.4 Å². The fourth-order valence-corrected chi connectivity index (χ4v) is 5.88. The number of hydrogen-bond donors (Lipinski definition) is 0. The molecular formula is C35H27NO3. The molecule has 0 saturated carbocycles. The van der Waals surface area contributed by atoms with Crippen molar-refractivity contribution in [1.29, 1.82) is 0 Å². The quantitative estimate of drug-likeness (QED) is 0.244. The van der Waals surface area contributed by atoms with Gasteiger partial charge in [-0.3, -0.25) is 4.79 Å². The number of carbonyl (C=O) groups excluding carboxylic acids is 1. The largest absolute Gasteiger partial charge is 0.491 e. The molecule has 0 aromatic heterocycles. The van der Waals surface area contributed by atoms with Gasteiger partial charge in [0, 0.05) is 17.3 Å². The Kier molecular flexibility index (Phi) is 5.66. The minimum atomic E-state index is -0.869. The molecule has 1 spiro atoms. The van der Waals surface area contributed by atoms with Crippen LogP contribution in [0.4, 0.5) is 5.69 Å². The first kappa shape index (κ1) is 23.3. The van der Waals surface area contributed by atoms with Crippen LogP contribution in [0, 0.1) is 0 Å². The molecule has 1 unspecified atom stereocenters. The highest BCUT2D eigenvalue weighted by Crippen LogP contribution is 2.53. The topological polar surface area (TPSA) is 38.8 Å². The Hall–Kier alpha value is -4.83. The van der Waals surface area contributed by atoms with Crippen LogP contribution in [0.5, 0.6) is 11.5 Å². The monoisotopic (exact) mass is 509 g/mol. The van der Waals surface area contributed by atoms with Crippen molar-refractivity contribution in [3.63, 3.8) is 0 Å². The summed E-state index contributed by atoms with van der Waals surface area (Å²) in [4.78, 5) is 16.3. The maximum absolute atomic E-state index is 14.4. The molecule has 2 aliphatic rings. The summed E-state index contributed by atoms with van der Waals surface area (Å²) in [7, 11) is 0. The van der Waals surface area contributed by atoms with Crippen molar-refractivity contribution >= 4 is 11.6 Å². The summed E-state index contributed by atoms with van der Waals surface area (Å²) in [5.41, 5.74) is 6.43. The Morgan fingerprint density at radius 3 is 2.31 bits per heavy atom. The van der Waals surface area contributed by atoms with Crippen molar-refractivity contribution in [2.24, 2.45) is 0 Å². The highest BCUT2D eigenvalue weighted by Gasteiger charge is 2.56. The second kappa shape index (κ2) is 9.48. The smallest absolute Gasteiger partial charge is 0.246 e. The van der Waals surface area contributed by atoms with E-state index in [4.69, 9.17) is 9.47 Å². The molecule has 190 valence electrons. The molecule has 0 bridgehead atoms. The van der Waals surface area contributed by atoms with Crippen LogP contribution in [0.25, 0.3) is 11.1 Å². The number of rotatable bonds is 6. The van der Waals surface area contributed by atoms with Crippen molar-refractivity contribution in [3.05, 3.63) is 150 Å². The van der Waals surface area contributed by atoms with Crippen molar-refractivity contribution < 1.29 is 14.3 Å². The summed E-state index contributed by atoms with van der Waals surface area (Å²) in [5.74, 6) is 1.47. The molecule has 4 nitrogen and oxygen atoms in total. The van der Waals surface area contributed by atoms with E-state index in [0.29, 0.717) is 18.9 Å². The Morgan fingerprint density at radius 2 is 1.46 bits per heavy atom. The van der Waals surface area contributed by atoms with Gasteiger partial charge in [-0.1, -0.05) is 109 Å². The number of amides is 1. The standard InChI is InChI=1S/C35H27NO3/c37-34-35(24-39-33-21-28(19-20-31(33)35)38-23-25-11-3-1-4-12-25)30-17-9-10-18-32(30)36(34)22-27-15-7-8-16-29(27)26-13-5-2-6-14-26/h1-21H,22-24H2. The van der Waals surface area contributed by atoms with Gasteiger partial charge in [0.25, 0.3) is 0 Å². The molecule has 39 heavy (non-hydrogen) atoms. The third-order valence-corrected chi connectivity index (χ3v) is 7.80. The fraction of sp³-hybridized carbons (Fsp3) is 0.114. The average Bonchev–Trinajstić information content (AvgIpc) is 3.49. The maximum atomic E-state index is 14.4. The predicted molar refractivity (Wildman–Crippen MR) is 153 cm³/mol. The summed E-state index contributed by atoms with van der Waals surface area (Å²) in [6.07, 6.45) is 0. The van der Waals surface area contributed by atoms with Crippen LogP contribution in [0.2, 0.25) is 0 Å². The van der Waals surface area contributed by atoms with Gasteiger partial charge in [-0.25, -0.2) is 0 Å². The van der Waals surface area contributed by atoms with Gasteiger partial charge in [-0.05, 0) is 39.9 Å². The Bertz CT molecular complexity index is 1660. The highest BCUT2D eigenvalue weighted by molar-refractivity contribution is 6.11. The van der Waals surface area contributed by atoms with Crippen LogP contribution in [-0.2, 0) is 23.4 Å². The molecular weight excluding hydrogens is 482 g/mol. The minimum absolute atomic E-state index is 0.0447. The second-order valence-corrected chi connectivity index (χ2v) is 10.1. The molecule has 2 heterocycles. The number of benzene rings is 5. The second-order valence-electron chi connectivity index (χ2n) is 10.1. The Balaban J connectivity index is 1.23. The number of carbonyl (C=O) groups is 1. The van der Waals surface area contributed by atoms with Gasteiger partial charge in [0.2, 0.25) is 5.91 Å². The molecule has 4 heteroatoms. The van der Waals surface area contributed by atoms with Gasteiger partial charge >= 0.3 is 0 Å². The maximum Gasteiger partial charge on any atom is 0.246 e. The van der Waals surface area contributed by atoms with E-state index >= 15 is 0 Å². The van der Waals surface area contributed by atoms with Gasteiger partial charge in [-0.2, -0.15) is 0 Å². The lowest BCUT2D eigenvalue weighted by Gasteiger charge is -2.24. The van der Waals surface area contributed by atoms with Gasteiger partial charge in [0.1, 0.15) is 30.1 Å². The number of para-hydroxylation sites is 1. The predicted octanol–water partition coefficient (Wildman–Crippen LogP) is 7.16. The summed E-state index contributed by atoms with van der Waals surface area (Å²) in [6, 6.07) is 42.7. The molecule has 1 atom stereocenters. The average molecular weight is 510 g/mol. The molecule has 0 aliphatic carbocycles. The van der Waals surface area contributed by atoms with E-state index in [0.717, 1.165) is 44.8 Å². The molecule has 0 saturated heterocycles. The molecule has 0 radical (unpaired) electrons. The van der Waals surface area contributed by atoms with E-state index in [1.165, 1.54) is 0 Å². The zero-order valence-corrected chi connectivity index (χ0v) is 21.4. The first-order valence-corrected chi connectivity index (χ1v) is 13.2. The van der Waals surface area contributed by atoms with Gasteiger partial charge in [-0.15, -0.1) is 0 Å². The molecule has 0 N–H and O–H groups in total. The SMILES string of the molecule is O=C1N(Cc2ccccc2-c2ccccc2)c2ccccc2C12COc1cc(OCc3ccccc3)ccc12. The number of fused-ring (bicyclic) bond motifs is 4. The number of anilines is 1. The van der Waals surface area contributed by atoms with Crippen LogP contribution in [0.15, 0.2) is 127 Å². The fourth-order valence-electron chi connectivity index (χ4n) is 5.88. The number of hydrogen-bond acceptors (Lipinski definition) is 3.